The first-order chi connectivity index (χ1) is 11.3. The molecule has 0 N–H and O–H groups in total. The van der Waals surface area contributed by atoms with Gasteiger partial charge >= 0.3 is 0 Å². The number of aryl methyl sites for hydroxylation is 2. The Labute approximate surface area is 137 Å². The second-order valence-corrected chi connectivity index (χ2v) is 6.35. The lowest BCUT2D eigenvalue weighted by Gasteiger charge is -2.31. The van der Waals surface area contributed by atoms with Crippen molar-refractivity contribution in [2.45, 2.75) is 65.1 Å². The van der Waals surface area contributed by atoms with E-state index < -0.39 is 0 Å². The molecule has 7 nitrogen and oxygen atoms in total. The average molecular weight is 317 g/mol. The number of piperidine rings is 1. The lowest BCUT2D eigenvalue weighted by Crippen LogP contribution is -2.33. The van der Waals surface area contributed by atoms with Crippen LogP contribution in [0.5, 0.6) is 0 Å². The van der Waals surface area contributed by atoms with Crippen molar-refractivity contribution in [3.63, 3.8) is 0 Å². The number of unbranched alkanes of at least 4 members (excludes halogenated alkanes) is 1. The molecule has 7 heteroatoms. The van der Waals surface area contributed by atoms with Gasteiger partial charge in [0.05, 0.1) is 12.7 Å². The predicted molar refractivity (Wildman–Crippen MR) is 87.9 cm³/mol. The Morgan fingerprint density at radius 3 is 2.74 bits per heavy atom. The normalized spacial score (nSPS) is 17.0. The number of likely N-dealkylation sites (tertiary alicyclic amines) is 1. The lowest BCUT2D eigenvalue weighted by molar-refractivity contribution is 0.196. The highest BCUT2D eigenvalue weighted by molar-refractivity contribution is 5.12. The molecule has 1 aliphatic rings. The summed E-state index contributed by atoms with van der Waals surface area (Å²) in [5.74, 6) is 1.64. The molecule has 0 aliphatic carbocycles. The van der Waals surface area contributed by atoms with Gasteiger partial charge in [-0.15, -0.1) is 5.10 Å². The van der Waals surface area contributed by atoms with E-state index in [1.807, 2.05) is 15.6 Å². The van der Waals surface area contributed by atoms with E-state index in [-0.39, 0.29) is 0 Å². The van der Waals surface area contributed by atoms with E-state index in [9.17, 15) is 0 Å². The molecule has 0 saturated carbocycles. The van der Waals surface area contributed by atoms with Gasteiger partial charge in [0.25, 0.3) is 0 Å². The summed E-state index contributed by atoms with van der Waals surface area (Å²) in [4.78, 5) is 2.47. The molecular weight excluding hydrogens is 290 g/mol. The summed E-state index contributed by atoms with van der Waals surface area (Å²) in [6.07, 6.45) is 8.90. The van der Waals surface area contributed by atoms with Gasteiger partial charge in [0, 0.05) is 19.3 Å². The standard InChI is InChI=1S/C16H27N7/c1-3-5-8-23-16(18-19-20-23)13-21-9-6-14(7-10-21)15-11-17-22(4-2)12-15/h11-12,14H,3-10,13H2,1-2H3. The topological polar surface area (TPSA) is 64.7 Å². The second-order valence-electron chi connectivity index (χ2n) is 6.35. The van der Waals surface area contributed by atoms with Gasteiger partial charge in [0.2, 0.25) is 0 Å². The van der Waals surface area contributed by atoms with Crippen LogP contribution in [0.25, 0.3) is 0 Å². The Hall–Kier alpha value is -1.76. The fourth-order valence-electron chi connectivity index (χ4n) is 3.21. The maximum atomic E-state index is 4.40. The van der Waals surface area contributed by atoms with Crippen LogP contribution in [0.4, 0.5) is 0 Å². The van der Waals surface area contributed by atoms with Gasteiger partial charge in [-0.05, 0) is 61.2 Å². The third-order valence-corrected chi connectivity index (χ3v) is 4.73. The van der Waals surface area contributed by atoms with Crippen molar-refractivity contribution < 1.29 is 0 Å². The molecule has 1 saturated heterocycles. The Balaban J connectivity index is 1.52. The molecule has 0 aromatic carbocycles. The van der Waals surface area contributed by atoms with Crippen molar-refractivity contribution >= 4 is 0 Å². The van der Waals surface area contributed by atoms with Crippen LogP contribution in [0.3, 0.4) is 0 Å². The van der Waals surface area contributed by atoms with E-state index in [1.165, 1.54) is 18.4 Å². The number of hydrogen-bond acceptors (Lipinski definition) is 5. The Kier molecular flexibility index (Phi) is 5.38. The summed E-state index contributed by atoms with van der Waals surface area (Å²) in [6.45, 7) is 9.24. The lowest BCUT2D eigenvalue weighted by atomic mass is 9.91. The predicted octanol–water partition coefficient (Wildman–Crippen LogP) is 2.07. The minimum atomic E-state index is 0.641. The first-order valence-corrected chi connectivity index (χ1v) is 8.80. The minimum Gasteiger partial charge on any atom is -0.296 e. The Morgan fingerprint density at radius 2 is 2.04 bits per heavy atom. The highest BCUT2D eigenvalue weighted by atomic mass is 15.5. The Morgan fingerprint density at radius 1 is 1.22 bits per heavy atom. The van der Waals surface area contributed by atoms with Crippen molar-refractivity contribution in [2.75, 3.05) is 13.1 Å². The third kappa shape index (κ3) is 3.96. The molecule has 2 aromatic heterocycles. The van der Waals surface area contributed by atoms with Crippen LogP contribution in [0.1, 0.15) is 56.8 Å². The molecule has 126 valence electrons. The van der Waals surface area contributed by atoms with E-state index in [2.05, 4.69) is 45.6 Å². The summed E-state index contributed by atoms with van der Waals surface area (Å²) < 4.78 is 3.98. The van der Waals surface area contributed by atoms with Crippen LogP contribution in [0.15, 0.2) is 12.4 Å². The molecule has 0 atom stereocenters. The van der Waals surface area contributed by atoms with Crippen LogP contribution in [-0.4, -0.2) is 48.0 Å². The summed E-state index contributed by atoms with van der Waals surface area (Å²) >= 11 is 0. The van der Waals surface area contributed by atoms with E-state index in [0.29, 0.717) is 5.92 Å². The number of tetrazole rings is 1. The number of aromatic nitrogens is 6. The van der Waals surface area contributed by atoms with E-state index in [4.69, 9.17) is 0 Å². The highest BCUT2D eigenvalue weighted by Gasteiger charge is 2.23. The van der Waals surface area contributed by atoms with Gasteiger partial charge in [-0.3, -0.25) is 9.58 Å². The van der Waals surface area contributed by atoms with Crippen LogP contribution < -0.4 is 0 Å². The monoisotopic (exact) mass is 317 g/mol. The van der Waals surface area contributed by atoms with Gasteiger partial charge in [-0.25, -0.2) is 4.68 Å². The molecule has 3 rings (SSSR count). The van der Waals surface area contributed by atoms with Crippen molar-refractivity contribution in [3.05, 3.63) is 23.8 Å². The highest BCUT2D eigenvalue weighted by Crippen LogP contribution is 2.28. The molecule has 1 aliphatic heterocycles. The fourth-order valence-corrected chi connectivity index (χ4v) is 3.21. The Bertz CT molecular complexity index is 595. The van der Waals surface area contributed by atoms with E-state index >= 15 is 0 Å². The zero-order valence-corrected chi connectivity index (χ0v) is 14.2. The maximum Gasteiger partial charge on any atom is 0.165 e. The molecule has 2 aromatic rings. The quantitative estimate of drug-likeness (QED) is 0.782. The third-order valence-electron chi connectivity index (χ3n) is 4.73. The largest absolute Gasteiger partial charge is 0.296 e. The molecule has 3 heterocycles. The summed E-state index contributed by atoms with van der Waals surface area (Å²) in [5, 5.41) is 16.6. The molecule has 0 spiro atoms. The summed E-state index contributed by atoms with van der Waals surface area (Å²) in [5.41, 5.74) is 1.39. The molecule has 0 amide bonds. The average Bonchev–Trinajstić information content (AvgIpc) is 3.23. The molecule has 0 radical (unpaired) electrons. The maximum absolute atomic E-state index is 4.40. The van der Waals surface area contributed by atoms with E-state index in [0.717, 1.165) is 51.4 Å². The van der Waals surface area contributed by atoms with Crippen LogP contribution >= 0.6 is 0 Å². The number of nitrogens with zero attached hydrogens (tertiary/aromatic N) is 7. The van der Waals surface area contributed by atoms with Crippen molar-refractivity contribution in [2.24, 2.45) is 0 Å². The second kappa shape index (κ2) is 7.68. The summed E-state index contributed by atoms with van der Waals surface area (Å²) in [7, 11) is 0. The minimum absolute atomic E-state index is 0.641. The zero-order chi connectivity index (χ0) is 16.1. The summed E-state index contributed by atoms with van der Waals surface area (Å²) in [6, 6.07) is 0. The smallest absolute Gasteiger partial charge is 0.165 e. The van der Waals surface area contributed by atoms with E-state index in [1.54, 1.807) is 0 Å². The van der Waals surface area contributed by atoms with Crippen molar-refractivity contribution in [1.29, 1.82) is 0 Å². The zero-order valence-electron chi connectivity index (χ0n) is 14.2. The van der Waals surface area contributed by atoms with Gasteiger partial charge in [-0.2, -0.15) is 5.10 Å². The number of rotatable bonds is 7. The van der Waals surface area contributed by atoms with Crippen molar-refractivity contribution in [1.82, 2.24) is 34.9 Å². The van der Waals surface area contributed by atoms with Crippen LogP contribution in [-0.2, 0) is 19.6 Å². The van der Waals surface area contributed by atoms with Gasteiger partial charge in [0.1, 0.15) is 0 Å². The number of hydrogen-bond donors (Lipinski definition) is 0. The molecule has 0 bridgehead atoms. The van der Waals surface area contributed by atoms with Gasteiger partial charge in [-0.1, -0.05) is 13.3 Å². The molecule has 1 fully saturated rings. The van der Waals surface area contributed by atoms with Crippen LogP contribution in [0.2, 0.25) is 0 Å². The molecule has 23 heavy (non-hydrogen) atoms. The first kappa shape index (κ1) is 16.1. The first-order valence-electron chi connectivity index (χ1n) is 8.80. The van der Waals surface area contributed by atoms with Crippen LogP contribution in [0, 0.1) is 0 Å². The van der Waals surface area contributed by atoms with Gasteiger partial charge in [0.15, 0.2) is 5.82 Å². The fraction of sp³-hybridized carbons (Fsp3) is 0.750. The SMILES string of the molecule is CCCCn1nnnc1CN1CCC(c2cnn(CC)c2)CC1. The van der Waals surface area contributed by atoms with Crippen molar-refractivity contribution in [3.8, 4) is 0 Å². The van der Waals surface area contributed by atoms with Gasteiger partial charge < -0.3 is 0 Å². The molecule has 0 unspecified atom stereocenters. The molecular formula is C16H27N7.